The first-order valence-electron chi connectivity index (χ1n) is 7.53. The summed E-state index contributed by atoms with van der Waals surface area (Å²) >= 11 is 0. The van der Waals surface area contributed by atoms with Crippen molar-refractivity contribution in [2.45, 2.75) is 58.8 Å². The van der Waals surface area contributed by atoms with E-state index in [1.807, 2.05) is 0 Å². The highest BCUT2D eigenvalue weighted by Crippen LogP contribution is 2.46. The molecular weight excluding hydrogens is 275 g/mol. The number of carbonyl (C=O) groups excluding carboxylic acids is 1. The third kappa shape index (κ3) is 6.22. The van der Waals surface area contributed by atoms with E-state index in [2.05, 4.69) is 11.6 Å². The first kappa shape index (κ1) is 17.4. The summed E-state index contributed by atoms with van der Waals surface area (Å²) in [6, 6.07) is 0. The van der Waals surface area contributed by atoms with E-state index in [4.69, 9.17) is 9.05 Å². The third-order valence-corrected chi connectivity index (χ3v) is 5.00. The lowest BCUT2D eigenvalue weighted by atomic mass is 9.85. The first-order valence-corrected chi connectivity index (χ1v) is 9.07. The summed E-state index contributed by atoms with van der Waals surface area (Å²) in [6.07, 6.45) is 6.47. The molecule has 0 aromatic rings. The zero-order valence-corrected chi connectivity index (χ0v) is 13.4. The van der Waals surface area contributed by atoms with E-state index in [9.17, 15) is 9.36 Å². The van der Waals surface area contributed by atoms with Gasteiger partial charge in [-0.1, -0.05) is 25.2 Å². The number of Topliss-reactive ketones (excluding diaryl/α,β-unsaturated/α-hetero) is 1. The maximum absolute atomic E-state index is 12.1. The Morgan fingerprint density at radius 1 is 1.15 bits per heavy atom. The Bertz CT molecular complexity index is 392. The van der Waals surface area contributed by atoms with Crippen LogP contribution >= 0.6 is 7.60 Å². The minimum absolute atomic E-state index is 0.219. The van der Waals surface area contributed by atoms with Crippen LogP contribution in [0.2, 0.25) is 0 Å². The first-order chi connectivity index (χ1) is 9.61. The zero-order valence-electron chi connectivity index (χ0n) is 12.5. The van der Waals surface area contributed by atoms with E-state index in [1.54, 1.807) is 13.8 Å². The SMILES string of the molecule is CCOP(=O)(C#CCCC(=O)C1CCCCC1)OCC. The Labute approximate surface area is 122 Å². The molecule has 1 aliphatic carbocycles. The van der Waals surface area contributed by atoms with E-state index in [-0.39, 0.29) is 5.92 Å². The molecule has 0 heterocycles. The van der Waals surface area contributed by atoms with Crippen molar-refractivity contribution < 1.29 is 18.4 Å². The molecular formula is C15H25O4P. The monoisotopic (exact) mass is 300 g/mol. The maximum atomic E-state index is 12.1. The largest absolute Gasteiger partial charge is 0.405 e. The zero-order chi connectivity index (χ0) is 14.8. The summed E-state index contributed by atoms with van der Waals surface area (Å²) in [4.78, 5) is 12.0. The number of carbonyl (C=O) groups is 1. The van der Waals surface area contributed by atoms with Crippen molar-refractivity contribution in [2.24, 2.45) is 5.92 Å². The second-order valence-electron chi connectivity index (χ2n) is 4.92. The van der Waals surface area contributed by atoms with Gasteiger partial charge >= 0.3 is 7.60 Å². The molecule has 5 heteroatoms. The lowest BCUT2D eigenvalue weighted by molar-refractivity contribution is -0.123. The molecule has 1 aliphatic rings. The summed E-state index contributed by atoms with van der Waals surface area (Å²) in [5.74, 6) is 3.29. The summed E-state index contributed by atoms with van der Waals surface area (Å²) in [5.41, 5.74) is 2.57. The fourth-order valence-corrected chi connectivity index (χ4v) is 3.60. The van der Waals surface area contributed by atoms with Gasteiger partial charge in [-0.15, -0.1) is 0 Å². The van der Waals surface area contributed by atoms with Crippen molar-refractivity contribution in [1.29, 1.82) is 0 Å². The van der Waals surface area contributed by atoms with Crippen molar-refractivity contribution in [1.82, 2.24) is 0 Å². The van der Waals surface area contributed by atoms with E-state index in [0.717, 1.165) is 25.7 Å². The van der Waals surface area contributed by atoms with Gasteiger partial charge in [-0.3, -0.25) is 13.8 Å². The quantitative estimate of drug-likeness (QED) is 0.523. The summed E-state index contributed by atoms with van der Waals surface area (Å²) in [6.45, 7) is 4.10. The van der Waals surface area contributed by atoms with E-state index in [0.29, 0.717) is 31.8 Å². The van der Waals surface area contributed by atoms with E-state index < -0.39 is 7.60 Å². The van der Waals surface area contributed by atoms with Crippen LogP contribution in [-0.4, -0.2) is 19.0 Å². The van der Waals surface area contributed by atoms with Gasteiger partial charge in [-0.05, 0) is 26.7 Å². The Morgan fingerprint density at radius 2 is 1.75 bits per heavy atom. The lowest BCUT2D eigenvalue weighted by Crippen LogP contribution is -2.17. The van der Waals surface area contributed by atoms with Crippen LogP contribution in [0.15, 0.2) is 0 Å². The summed E-state index contributed by atoms with van der Waals surface area (Å²) in [5, 5.41) is 0. The van der Waals surface area contributed by atoms with Crippen LogP contribution in [0, 0.1) is 17.5 Å². The van der Waals surface area contributed by atoms with Crippen LogP contribution in [0.3, 0.4) is 0 Å². The third-order valence-electron chi connectivity index (χ3n) is 3.37. The van der Waals surface area contributed by atoms with Crippen molar-refractivity contribution in [3.63, 3.8) is 0 Å². The maximum Gasteiger partial charge on any atom is 0.405 e. The van der Waals surface area contributed by atoms with Crippen molar-refractivity contribution >= 4 is 13.4 Å². The fourth-order valence-electron chi connectivity index (χ4n) is 2.41. The Kier molecular flexibility index (Phi) is 8.14. The number of rotatable bonds is 7. The lowest BCUT2D eigenvalue weighted by Gasteiger charge is -2.19. The molecule has 114 valence electrons. The molecule has 0 aromatic carbocycles. The van der Waals surface area contributed by atoms with Gasteiger partial charge in [0.1, 0.15) is 5.78 Å². The van der Waals surface area contributed by atoms with Gasteiger partial charge in [0.2, 0.25) is 0 Å². The number of ketones is 1. The minimum Gasteiger partial charge on any atom is -0.300 e. The molecule has 0 aliphatic heterocycles. The van der Waals surface area contributed by atoms with Crippen molar-refractivity contribution in [3.05, 3.63) is 0 Å². The molecule has 0 bridgehead atoms. The highest BCUT2D eigenvalue weighted by Gasteiger charge is 2.21. The average Bonchev–Trinajstić information content (AvgIpc) is 2.45. The topological polar surface area (TPSA) is 52.6 Å². The van der Waals surface area contributed by atoms with Crippen molar-refractivity contribution in [3.8, 4) is 11.6 Å². The predicted molar refractivity (Wildman–Crippen MR) is 79.5 cm³/mol. The van der Waals surface area contributed by atoms with Gasteiger partial charge in [0.05, 0.1) is 13.2 Å². The van der Waals surface area contributed by atoms with Crippen LogP contribution in [0.5, 0.6) is 0 Å². The molecule has 1 fully saturated rings. The van der Waals surface area contributed by atoms with Crippen LogP contribution in [0.4, 0.5) is 0 Å². The second kappa shape index (κ2) is 9.34. The van der Waals surface area contributed by atoms with Gasteiger partial charge in [0.15, 0.2) is 0 Å². The van der Waals surface area contributed by atoms with Gasteiger partial charge < -0.3 is 0 Å². The summed E-state index contributed by atoms with van der Waals surface area (Å²) < 4.78 is 22.2. The van der Waals surface area contributed by atoms with Crippen LogP contribution in [0.25, 0.3) is 0 Å². The number of hydrogen-bond donors (Lipinski definition) is 0. The van der Waals surface area contributed by atoms with Gasteiger partial charge in [-0.25, -0.2) is 4.57 Å². The standard InChI is InChI=1S/C15H25O4P/c1-3-18-20(17,19-4-2)13-9-8-12-15(16)14-10-6-5-7-11-14/h14H,3-8,10-12H2,1-2H3. The Balaban J connectivity index is 2.40. The van der Waals surface area contributed by atoms with E-state index in [1.165, 1.54) is 6.42 Å². The highest BCUT2D eigenvalue weighted by molar-refractivity contribution is 7.59. The normalized spacial score (nSPS) is 16.5. The molecule has 0 N–H and O–H groups in total. The molecule has 20 heavy (non-hydrogen) atoms. The smallest absolute Gasteiger partial charge is 0.300 e. The average molecular weight is 300 g/mol. The van der Waals surface area contributed by atoms with Crippen molar-refractivity contribution in [2.75, 3.05) is 13.2 Å². The highest BCUT2D eigenvalue weighted by atomic mass is 31.2. The molecule has 1 saturated carbocycles. The molecule has 0 saturated heterocycles. The summed E-state index contributed by atoms with van der Waals surface area (Å²) in [7, 11) is -3.28. The Morgan fingerprint density at radius 3 is 2.30 bits per heavy atom. The van der Waals surface area contributed by atoms with Gasteiger partial charge in [0, 0.05) is 24.4 Å². The van der Waals surface area contributed by atoms with Gasteiger partial charge in [-0.2, -0.15) is 0 Å². The number of hydrogen-bond acceptors (Lipinski definition) is 4. The molecule has 0 radical (unpaired) electrons. The molecule has 0 aromatic heterocycles. The minimum atomic E-state index is -3.28. The molecule has 0 spiro atoms. The van der Waals surface area contributed by atoms with Crippen LogP contribution < -0.4 is 0 Å². The molecule has 0 amide bonds. The predicted octanol–water partition coefficient (Wildman–Crippen LogP) is 4.14. The second-order valence-corrected chi connectivity index (χ2v) is 6.66. The molecule has 0 atom stereocenters. The molecule has 1 rings (SSSR count). The Hall–Kier alpha value is -0.620. The molecule has 4 nitrogen and oxygen atoms in total. The van der Waals surface area contributed by atoms with Crippen LogP contribution in [-0.2, 0) is 18.4 Å². The van der Waals surface area contributed by atoms with Gasteiger partial charge in [0.25, 0.3) is 0 Å². The van der Waals surface area contributed by atoms with Crippen LogP contribution in [0.1, 0.15) is 58.8 Å². The fraction of sp³-hybridized carbons (Fsp3) is 0.800. The van der Waals surface area contributed by atoms with E-state index >= 15 is 0 Å². The molecule has 0 unspecified atom stereocenters.